The van der Waals surface area contributed by atoms with Gasteiger partial charge in [-0.15, -0.1) is 0 Å². The second kappa shape index (κ2) is 7.67. The SMILES string of the molecule is Cc1cc(C)c2nc(N3C(=O)C(=O)/C(=C(/O)c4ccc(F)cc4)C3c3ccc(C)o3)sc2c1. The number of thiazole rings is 1. The molecule has 1 atom stereocenters. The Labute approximate surface area is 192 Å². The highest BCUT2D eigenvalue weighted by atomic mass is 32.1. The summed E-state index contributed by atoms with van der Waals surface area (Å²) in [5, 5.41) is 11.4. The van der Waals surface area contributed by atoms with Crippen LogP contribution in [0.1, 0.15) is 34.3 Å². The fourth-order valence-corrected chi connectivity index (χ4v) is 5.29. The lowest BCUT2D eigenvalue weighted by atomic mass is 9.99. The Kier molecular flexibility index (Phi) is 4.90. The summed E-state index contributed by atoms with van der Waals surface area (Å²) in [6, 6.07) is 11.4. The molecule has 8 heteroatoms. The van der Waals surface area contributed by atoms with Crippen LogP contribution >= 0.6 is 11.3 Å². The first kappa shape index (κ1) is 21.1. The third-order valence-corrected chi connectivity index (χ3v) is 6.62. The number of anilines is 1. The second-order valence-electron chi connectivity index (χ2n) is 8.05. The molecule has 1 N–H and O–H groups in total. The average Bonchev–Trinajstić information content (AvgIpc) is 3.45. The van der Waals surface area contributed by atoms with Gasteiger partial charge in [0.15, 0.2) is 5.13 Å². The molecular weight excluding hydrogens is 443 g/mol. The number of amides is 1. The highest BCUT2D eigenvalue weighted by Crippen LogP contribution is 2.45. The zero-order chi connectivity index (χ0) is 23.4. The molecule has 1 aliphatic rings. The minimum absolute atomic E-state index is 0.131. The molecule has 33 heavy (non-hydrogen) atoms. The molecule has 1 amide bonds. The molecule has 1 unspecified atom stereocenters. The second-order valence-corrected chi connectivity index (χ2v) is 9.06. The maximum absolute atomic E-state index is 13.4. The lowest BCUT2D eigenvalue weighted by Crippen LogP contribution is -2.29. The van der Waals surface area contributed by atoms with Crippen molar-refractivity contribution in [3.05, 3.63) is 88.1 Å². The maximum atomic E-state index is 13.4. The van der Waals surface area contributed by atoms with Gasteiger partial charge in [0.2, 0.25) is 0 Å². The summed E-state index contributed by atoms with van der Waals surface area (Å²) in [6.07, 6.45) is 0. The van der Waals surface area contributed by atoms with E-state index in [1.165, 1.54) is 40.5 Å². The first-order valence-corrected chi connectivity index (χ1v) is 11.1. The number of hydrogen-bond donors (Lipinski definition) is 1. The van der Waals surface area contributed by atoms with Gasteiger partial charge in [0.1, 0.15) is 29.1 Å². The van der Waals surface area contributed by atoms with Crippen molar-refractivity contribution in [3.63, 3.8) is 0 Å². The van der Waals surface area contributed by atoms with E-state index in [4.69, 9.17) is 4.42 Å². The molecular formula is C25H19FN2O4S. The van der Waals surface area contributed by atoms with Crippen LogP contribution in [0, 0.1) is 26.6 Å². The van der Waals surface area contributed by atoms with Gasteiger partial charge in [0, 0.05) is 5.56 Å². The quantitative estimate of drug-likeness (QED) is 0.244. The molecule has 1 fully saturated rings. The minimum Gasteiger partial charge on any atom is -0.507 e. The number of carbonyl (C=O) groups is 2. The number of aliphatic hydroxyl groups excluding tert-OH is 1. The van der Waals surface area contributed by atoms with E-state index in [1.807, 2.05) is 26.0 Å². The summed E-state index contributed by atoms with van der Waals surface area (Å²) < 4.78 is 20.1. The molecule has 6 nitrogen and oxygen atoms in total. The fraction of sp³-hybridized carbons (Fsp3) is 0.160. The third kappa shape index (κ3) is 3.43. The van der Waals surface area contributed by atoms with Gasteiger partial charge in [-0.3, -0.25) is 14.5 Å². The van der Waals surface area contributed by atoms with Gasteiger partial charge < -0.3 is 9.52 Å². The molecule has 1 aliphatic heterocycles. The van der Waals surface area contributed by atoms with Crippen LogP contribution < -0.4 is 4.90 Å². The summed E-state index contributed by atoms with van der Waals surface area (Å²) in [5.41, 5.74) is 2.86. The van der Waals surface area contributed by atoms with Crippen LogP contribution in [0.25, 0.3) is 16.0 Å². The van der Waals surface area contributed by atoms with Crippen molar-refractivity contribution in [1.29, 1.82) is 0 Å². The van der Waals surface area contributed by atoms with Crippen molar-refractivity contribution in [2.45, 2.75) is 26.8 Å². The molecule has 0 spiro atoms. The van der Waals surface area contributed by atoms with Gasteiger partial charge in [0.05, 0.1) is 15.8 Å². The zero-order valence-electron chi connectivity index (χ0n) is 18.0. The highest BCUT2D eigenvalue weighted by Gasteiger charge is 2.49. The Morgan fingerprint density at radius 1 is 1.09 bits per heavy atom. The van der Waals surface area contributed by atoms with Crippen LogP contribution in [0.3, 0.4) is 0 Å². The summed E-state index contributed by atoms with van der Waals surface area (Å²) >= 11 is 1.29. The van der Waals surface area contributed by atoms with Gasteiger partial charge >= 0.3 is 5.91 Å². The van der Waals surface area contributed by atoms with Crippen molar-refractivity contribution in [1.82, 2.24) is 4.98 Å². The molecule has 166 valence electrons. The minimum atomic E-state index is -1.01. The number of carbonyl (C=O) groups excluding carboxylic acids is 2. The standard InChI is InChI=1S/C25H19FN2O4S/c1-12-10-13(2)20-18(11-12)33-25(27-20)28-21(17-9-4-14(3)32-17)19(23(30)24(28)31)22(29)15-5-7-16(26)8-6-15/h4-11,21,29H,1-3H3/b22-19+. The lowest BCUT2D eigenvalue weighted by molar-refractivity contribution is -0.132. The number of rotatable bonds is 3. The lowest BCUT2D eigenvalue weighted by Gasteiger charge is -2.20. The van der Waals surface area contributed by atoms with E-state index in [-0.39, 0.29) is 11.1 Å². The number of aryl methyl sites for hydroxylation is 3. The topological polar surface area (TPSA) is 83.6 Å². The fourth-order valence-electron chi connectivity index (χ4n) is 4.12. The van der Waals surface area contributed by atoms with Crippen molar-refractivity contribution in [2.24, 2.45) is 0 Å². The van der Waals surface area contributed by atoms with Crippen LogP contribution in [0.15, 0.2) is 58.5 Å². The Balaban J connectivity index is 1.73. The molecule has 0 radical (unpaired) electrons. The van der Waals surface area contributed by atoms with E-state index in [2.05, 4.69) is 4.98 Å². The Hall–Kier alpha value is -3.78. The van der Waals surface area contributed by atoms with Crippen LogP contribution in [0.2, 0.25) is 0 Å². The zero-order valence-corrected chi connectivity index (χ0v) is 18.9. The van der Waals surface area contributed by atoms with Crippen LogP contribution in [0.4, 0.5) is 9.52 Å². The number of Topliss-reactive ketones (excluding diaryl/α,β-unsaturated/α-hetero) is 1. The molecule has 3 heterocycles. The molecule has 4 aromatic rings. The normalized spacial score (nSPS) is 17.9. The number of benzene rings is 2. The summed E-state index contributed by atoms with van der Waals surface area (Å²) in [6.45, 7) is 5.67. The van der Waals surface area contributed by atoms with E-state index in [1.54, 1.807) is 19.1 Å². The van der Waals surface area contributed by atoms with Crippen LogP contribution in [0.5, 0.6) is 0 Å². The first-order chi connectivity index (χ1) is 15.7. The Morgan fingerprint density at radius 2 is 1.82 bits per heavy atom. The molecule has 2 aromatic heterocycles. The number of hydrogen-bond acceptors (Lipinski definition) is 6. The number of halogens is 1. The molecule has 5 rings (SSSR count). The third-order valence-electron chi connectivity index (χ3n) is 5.62. The number of aromatic nitrogens is 1. The molecule has 0 saturated carbocycles. The van der Waals surface area contributed by atoms with E-state index in [0.717, 1.165) is 21.3 Å². The van der Waals surface area contributed by atoms with Gasteiger partial charge in [-0.1, -0.05) is 17.4 Å². The van der Waals surface area contributed by atoms with Crippen molar-refractivity contribution >= 4 is 44.1 Å². The van der Waals surface area contributed by atoms with Gasteiger partial charge in [-0.2, -0.15) is 0 Å². The van der Waals surface area contributed by atoms with Crippen molar-refractivity contribution in [3.8, 4) is 0 Å². The Bertz CT molecular complexity index is 1470. The van der Waals surface area contributed by atoms with E-state index in [0.29, 0.717) is 16.7 Å². The number of nitrogens with zero attached hydrogens (tertiary/aromatic N) is 2. The monoisotopic (exact) mass is 462 g/mol. The van der Waals surface area contributed by atoms with Crippen molar-refractivity contribution < 1.29 is 23.5 Å². The van der Waals surface area contributed by atoms with Gasteiger partial charge in [0.25, 0.3) is 5.78 Å². The number of furan rings is 1. The maximum Gasteiger partial charge on any atom is 0.302 e. The van der Waals surface area contributed by atoms with E-state index in [9.17, 15) is 19.1 Å². The smallest absolute Gasteiger partial charge is 0.302 e. The van der Waals surface area contributed by atoms with Gasteiger partial charge in [-0.05, 0) is 74.4 Å². The first-order valence-electron chi connectivity index (χ1n) is 10.3. The summed E-state index contributed by atoms with van der Waals surface area (Å²) in [5.74, 6) is -1.64. The number of ketones is 1. The number of fused-ring (bicyclic) bond motifs is 1. The molecule has 2 aromatic carbocycles. The molecule has 0 aliphatic carbocycles. The summed E-state index contributed by atoms with van der Waals surface area (Å²) in [4.78, 5) is 32.3. The van der Waals surface area contributed by atoms with E-state index >= 15 is 0 Å². The van der Waals surface area contributed by atoms with Gasteiger partial charge in [-0.25, -0.2) is 9.37 Å². The number of aliphatic hydroxyl groups is 1. The van der Waals surface area contributed by atoms with Crippen LogP contribution in [-0.2, 0) is 9.59 Å². The highest BCUT2D eigenvalue weighted by molar-refractivity contribution is 7.22. The summed E-state index contributed by atoms with van der Waals surface area (Å²) in [7, 11) is 0. The van der Waals surface area contributed by atoms with Crippen molar-refractivity contribution in [2.75, 3.05) is 4.90 Å². The van der Waals surface area contributed by atoms with E-state index < -0.39 is 29.3 Å². The predicted molar refractivity (Wildman–Crippen MR) is 124 cm³/mol. The molecule has 1 saturated heterocycles. The molecule has 0 bridgehead atoms. The average molecular weight is 463 g/mol. The predicted octanol–water partition coefficient (Wildman–Crippen LogP) is 5.58. The largest absolute Gasteiger partial charge is 0.507 e. The van der Waals surface area contributed by atoms with Crippen LogP contribution in [-0.4, -0.2) is 21.8 Å². The Morgan fingerprint density at radius 3 is 2.48 bits per heavy atom.